The van der Waals surface area contributed by atoms with E-state index in [2.05, 4.69) is 24.9 Å². The second-order valence-electron chi connectivity index (χ2n) is 9.65. The van der Waals surface area contributed by atoms with E-state index in [9.17, 15) is 9.59 Å². The summed E-state index contributed by atoms with van der Waals surface area (Å²) >= 11 is 0. The predicted molar refractivity (Wildman–Crippen MR) is 152 cm³/mol. The summed E-state index contributed by atoms with van der Waals surface area (Å²) in [5.41, 5.74) is 12.9. The molecular weight excluding hydrogens is 514 g/mol. The van der Waals surface area contributed by atoms with E-state index in [0.717, 1.165) is 56.3 Å². The zero-order chi connectivity index (χ0) is 28.7. The molecule has 4 N–H and O–H groups in total. The highest BCUT2D eigenvalue weighted by molar-refractivity contribution is 5.98. The van der Waals surface area contributed by atoms with Crippen molar-refractivity contribution in [1.29, 1.82) is 0 Å². The average molecular weight is 554 g/mol. The number of amidine groups is 2. The minimum Gasteiger partial charge on any atom is -0.494 e. The van der Waals surface area contributed by atoms with Crippen LogP contribution in [0.4, 0.5) is 0 Å². The van der Waals surface area contributed by atoms with Crippen LogP contribution in [0.1, 0.15) is 57.1 Å². The second kappa shape index (κ2) is 16.1. The van der Waals surface area contributed by atoms with E-state index in [1.165, 1.54) is 26.7 Å². The number of carbonyl (C=O) groups is 2. The fraction of sp³-hybridized carbons (Fsp3) is 0.448. The Morgan fingerprint density at radius 1 is 0.775 bits per heavy atom. The molecule has 216 valence electrons. The molecule has 0 bridgehead atoms. The Hall–Kier alpha value is -4.12. The second-order valence-corrected chi connectivity index (χ2v) is 9.65. The quantitative estimate of drug-likeness (QED) is 0.118. The van der Waals surface area contributed by atoms with Crippen molar-refractivity contribution < 1.29 is 28.7 Å². The first-order valence-corrected chi connectivity index (χ1v) is 13.5. The molecular formula is C29H39N5O6. The van der Waals surface area contributed by atoms with E-state index in [4.69, 9.17) is 20.9 Å². The van der Waals surface area contributed by atoms with Gasteiger partial charge in [-0.3, -0.25) is 0 Å². The third-order valence-electron chi connectivity index (χ3n) is 6.47. The fourth-order valence-corrected chi connectivity index (χ4v) is 4.32. The predicted octanol–water partition coefficient (Wildman–Crippen LogP) is 3.39. The number of ether oxygens (including phenoxy) is 2. The van der Waals surface area contributed by atoms with E-state index in [1.807, 2.05) is 24.3 Å². The summed E-state index contributed by atoms with van der Waals surface area (Å²) in [6, 6.07) is 14.5. The molecule has 2 aromatic carbocycles. The van der Waals surface area contributed by atoms with Crippen LogP contribution in [-0.2, 0) is 19.3 Å². The van der Waals surface area contributed by atoms with Gasteiger partial charge in [0.1, 0.15) is 11.5 Å². The molecule has 0 aliphatic carbocycles. The number of hydrogen-bond acceptors (Lipinski definition) is 9. The van der Waals surface area contributed by atoms with Crippen LogP contribution in [0.3, 0.4) is 0 Å². The van der Waals surface area contributed by atoms with Crippen molar-refractivity contribution in [3.8, 4) is 11.5 Å². The molecule has 1 saturated heterocycles. The van der Waals surface area contributed by atoms with E-state index in [0.29, 0.717) is 24.3 Å². The molecule has 1 aliphatic rings. The Labute approximate surface area is 235 Å². The molecule has 1 fully saturated rings. The van der Waals surface area contributed by atoms with Gasteiger partial charge < -0.3 is 35.5 Å². The molecule has 0 radical (unpaired) electrons. The lowest BCUT2D eigenvalue weighted by molar-refractivity contribution is -0.141. The first-order valence-electron chi connectivity index (χ1n) is 13.5. The van der Waals surface area contributed by atoms with Gasteiger partial charge in [0.25, 0.3) is 0 Å². The SMILES string of the molecule is CC(=O)O/N=C(/N)c1ccc(OCCCC2CCN(CCCOc3ccc(/C(N)=N\OC(C)=O)cc3)CC2)cc1. The van der Waals surface area contributed by atoms with Gasteiger partial charge in [0.05, 0.1) is 13.2 Å². The molecule has 11 nitrogen and oxygen atoms in total. The number of piperidine rings is 1. The largest absolute Gasteiger partial charge is 0.494 e. The molecule has 0 aromatic heterocycles. The van der Waals surface area contributed by atoms with Gasteiger partial charge in [0, 0.05) is 31.5 Å². The van der Waals surface area contributed by atoms with Crippen LogP contribution in [-0.4, -0.2) is 61.4 Å². The van der Waals surface area contributed by atoms with Gasteiger partial charge in [-0.25, -0.2) is 9.59 Å². The van der Waals surface area contributed by atoms with E-state index < -0.39 is 11.9 Å². The Kier molecular flexibility index (Phi) is 12.2. The number of benzene rings is 2. The van der Waals surface area contributed by atoms with Crippen molar-refractivity contribution in [3.63, 3.8) is 0 Å². The summed E-state index contributed by atoms with van der Waals surface area (Å²) < 4.78 is 11.7. The molecule has 0 amide bonds. The summed E-state index contributed by atoms with van der Waals surface area (Å²) in [5, 5.41) is 7.16. The van der Waals surface area contributed by atoms with Gasteiger partial charge in [0.15, 0.2) is 11.7 Å². The number of likely N-dealkylation sites (tertiary alicyclic amines) is 1. The molecule has 2 aromatic rings. The molecule has 0 saturated carbocycles. The highest BCUT2D eigenvalue weighted by Crippen LogP contribution is 2.22. The first-order chi connectivity index (χ1) is 19.3. The summed E-state index contributed by atoms with van der Waals surface area (Å²) in [7, 11) is 0. The fourth-order valence-electron chi connectivity index (χ4n) is 4.32. The highest BCUT2D eigenvalue weighted by atomic mass is 16.7. The van der Waals surface area contributed by atoms with Gasteiger partial charge in [-0.05, 0) is 99.6 Å². The molecule has 1 aliphatic heterocycles. The van der Waals surface area contributed by atoms with Gasteiger partial charge in [-0.2, -0.15) is 0 Å². The first kappa shape index (κ1) is 30.4. The Morgan fingerprint density at radius 3 is 1.68 bits per heavy atom. The van der Waals surface area contributed by atoms with E-state index in [-0.39, 0.29) is 11.7 Å². The maximum atomic E-state index is 10.8. The van der Waals surface area contributed by atoms with Gasteiger partial charge in [0.2, 0.25) is 0 Å². The van der Waals surface area contributed by atoms with Crippen LogP contribution in [0.25, 0.3) is 0 Å². The van der Waals surface area contributed by atoms with Crippen LogP contribution in [0.5, 0.6) is 11.5 Å². The van der Waals surface area contributed by atoms with Crippen LogP contribution in [0.15, 0.2) is 58.8 Å². The number of hydrogen-bond donors (Lipinski definition) is 2. The lowest BCUT2D eigenvalue weighted by atomic mass is 9.92. The van der Waals surface area contributed by atoms with Crippen LogP contribution < -0.4 is 20.9 Å². The zero-order valence-corrected chi connectivity index (χ0v) is 23.2. The zero-order valence-electron chi connectivity index (χ0n) is 23.2. The summed E-state index contributed by atoms with van der Waals surface area (Å²) in [5.74, 6) is 1.51. The molecule has 0 unspecified atom stereocenters. The highest BCUT2D eigenvalue weighted by Gasteiger charge is 2.18. The van der Waals surface area contributed by atoms with Crippen molar-refractivity contribution in [2.24, 2.45) is 27.7 Å². The summed E-state index contributed by atoms with van der Waals surface area (Å²) in [6.45, 7) is 7.08. The van der Waals surface area contributed by atoms with Crippen molar-refractivity contribution in [2.75, 3.05) is 32.8 Å². The minimum absolute atomic E-state index is 0.139. The van der Waals surface area contributed by atoms with Crippen molar-refractivity contribution >= 4 is 23.6 Å². The number of rotatable bonds is 14. The minimum atomic E-state index is -0.518. The molecule has 0 spiro atoms. The topological polar surface area (TPSA) is 151 Å². The summed E-state index contributed by atoms with van der Waals surface area (Å²) in [4.78, 5) is 33.3. The lowest BCUT2D eigenvalue weighted by Gasteiger charge is -2.32. The van der Waals surface area contributed by atoms with Crippen molar-refractivity contribution in [2.45, 2.75) is 46.0 Å². The van der Waals surface area contributed by atoms with E-state index >= 15 is 0 Å². The van der Waals surface area contributed by atoms with Crippen LogP contribution >= 0.6 is 0 Å². The molecule has 11 heteroatoms. The normalized spacial score (nSPS) is 14.9. The van der Waals surface area contributed by atoms with E-state index in [1.54, 1.807) is 24.3 Å². The Morgan fingerprint density at radius 2 is 1.23 bits per heavy atom. The lowest BCUT2D eigenvalue weighted by Crippen LogP contribution is -2.35. The average Bonchev–Trinajstić information content (AvgIpc) is 2.96. The number of oxime groups is 2. The number of carbonyl (C=O) groups excluding carboxylic acids is 2. The standard InChI is InChI=1S/C29H39N5O6/c1-21(35)39-32-28(30)24-6-10-26(11-7-24)37-19-3-5-23-14-17-34(18-15-23)16-4-20-38-27-12-8-25(9-13-27)29(31)33-40-22(2)36/h6-13,23H,3-5,14-20H2,1-2H3,(H2,30,32)(H2,31,33). The van der Waals surface area contributed by atoms with Gasteiger partial charge >= 0.3 is 11.9 Å². The molecule has 1 heterocycles. The maximum Gasteiger partial charge on any atom is 0.332 e. The smallest absolute Gasteiger partial charge is 0.332 e. The van der Waals surface area contributed by atoms with Crippen molar-refractivity contribution in [3.05, 3.63) is 59.7 Å². The third-order valence-corrected chi connectivity index (χ3v) is 6.47. The van der Waals surface area contributed by atoms with Crippen LogP contribution in [0, 0.1) is 5.92 Å². The summed E-state index contributed by atoms with van der Waals surface area (Å²) in [6.07, 6.45) is 5.53. The number of nitrogens with zero attached hydrogens (tertiary/aromatic N) is 3. The third kappa shape index (κ3) is 10.9. The molecule has 0 atom stereocenters. The monoisotopic (exact) mass is 553 g/mol. The number of nitrogens with two attached hydrogens (primary N) is 2. The molecule has 3 rings (SSSR count). The van der Waals surface area contributed by atoms with Gasteiger partial charge in [-0.1, -0.05) is 10.3 Å². The Bertz CT molecular complexity index is 1050. The molecule has 40 heavy (non-hydrogen) atoms. The Balaban J connectivity index is 1.24. The van der Waals surface area contributed by atoms with Gasteiger partial charge in [-0.15, -0.1) is 0 Å². The van der Waals surface area contributed by atoms with Crippen molar-refractivity contribution in [1.82, 2.24) is 4.90 Å². The van der Waals surface area contributed by atoms with Crippen LogP contribution in [0.2, 0.25) is 0 Å². The maximum absolute atomic E-state index is 10.8.